The molecule has 5 heteroatoms. The van der Waals surface area contributed by atoms with Crippen LogP contribution in [0.4, 0.5) is 0 Å². The first kappa shape index (κ1) is 12.0. The monoisotopic (exact) mass is 230 g/mol. The molecule has 0 fully saturated rings. The zero-order valence-corrected chi connectivity index (χ0v) is 9.67. The number of hydrogen-bond donors (Lipinski definition) is 1. The molecule has 0 aliphatic heterocycles. The second kappa shape index (κ2) is 5.75. The average molecular weight is 231 g/mol. The van der Waals surface area contributed by atoms with Gasteiger partial charge >= 0.3 is 0 Å². The lowest BCUT2D eigenvalue weighted by Gasteiger charge is -2.03. The first-order valence-electron chi connectivity index (χ1n) is 4.95. The molecule has 1 N–H and O–H groups in total. The van der Waals surface area contributed by atoms with E-state index in [4.69, 9.17) is 16.1 Å². The fraction of sp³-hybridized carbons (Fsp3) is 0.600. The second-order valence-electron chi connectivity index (χ2n) is 3.50. The van der Waals surface area contributed by atoms with Crippen LogP contribution in [0.1, 0.15) is 36.0 Å². The third kappa shape index (κ3) is 4.34. The van der Waals surface area contributed by atoms with Crippen molar-refractivity contribution in [2.45, 2.75) is 32.1 Å². The lowest BCUT2D eigenvalue weighted by Crippen LogP contribution is -2.25. The van der Waals surface area contributed by atoms with Crippen LogP contribution in [0.15, 0.2) is 10.6 Å². The van der Waals surface area contributed by atoms with Crippen LogP contribution >= 0.6 is 11.6 Å². The van der Waals surface area contributed by atoms with Crippen LogP contribution < -0.4 is 5.32 Å². The Morgan fingerprint density at radius 2 is 2.47 bits per heavy atom. The highest BCUT2D eigenvalue weighted by Gasteiger charge is 2.09. The third-order valence-corrected chi connectivity index (χ3v) is 2.14. The van der Waals surface area contributed by atoms with Crippen molar-refractivity contribution in [2.24, 2.45) is 0 Å². The molecular weight excluding hydrogens is 216 g/mol. The standard InChI is InChI=1S/C10H15ClN2O2/c1-7(11)4-3-5-12-10(14)9-6-8(2)15-13-9/h6-7H,3-5H2,1-2H3,(H,12,14). The van der Waals surface area contributed by atoms with Crippen LogP contribution in [-0.2, 0) is 0 Å². The van der Waals surface area contributed by atoms with Crippen LogP contribution in [-0.4, -0.2) is 23.0 Å². The molecule has 0 bridgehead atoms. The summed E-state index contributed by atoms with van der Waals surface area (Å²) < 4.78 is 4.80. The lowest BCUT2D eigenvalue weighted by molar-refractivity contribution is 0.0944. The normalized spacial score (nSPS) is 12.5. The van der Waals surface area contributed by atoms with Crippen molar-refractivity contribution in [1.82, 2.24) is 10.5 Å². The van der Waals surface area contributed by atoms with Crippen LogP contribution in [0.5, 0.6) is 0 Å². The van der Waals surface area contributed by atoms with Gasteiger partial charge in [-0.05, 0) is 26.7 Å². The fourth-order valence-corrected chi connectivity index (χ4v) is 1.30. The molecule has 0 saturated heterocycles. The molecule has 15 heavy (non-hydrogen) atoms. The summed E-state index contributed by atoms with van der Waals surface area (Å²) >= 11 is 5.77. The maximum Gasteiger partial charge on any atom is 0.273 e. The second-order valence-corrected chi connectivity index (χ2v) is 4.25. The van der Waals surface area contributed by atoms with Crippen LogP contribution in [0.3, 0.4) is 0 Å². The number of aromatic nitrogens is 1. The Labute approximate surface area is 94.0 Å². The molecule has 1 atom stereocenters. The van der Waals surface area contributed by atoms with Crippen molar-refractivity contribution >= 4 is 17.5 Å². The van der Waals surface area contributed by atoms with E-state index < -0.39 is 0 Å². The zero-order chi connectivity index (χ0) is 11.3. The van der Waals surface area contributed by atoms with Gasteiger partial charge in [0.05, 0.1) is 0 Å². The number of nitrogens with zero attached hydrogens (tertiary/aromatic N) is 1. The van der Waals surface area contributed by atoms with Crippen LogP contribution in [0, 0.1) is 6.92 Å². The van der Waals surface area contributed by atoms with E-state index in [-0.39, 0.29) is 11.3 Å². The van der Waals surface area contributed by atoms with Crippen molar-refractivity contribution in [3.05, 3.63) is 17.5 Å². The van der Waals surface area contributed by atoms with E-state index in [0.29, 0.717) is 18.0 Å². The highest BCUT2D eigenvalue weighted by atomic mass is 35.5. The Kier molecular flexibility index (Phi) is 4.62. The summed E-state index contributed by atoms with van der Waals surface area (Å²) in [6.07, 6.45) is 1.76. The molecular formula is C10H15ClN2O2. The molecule has 0 spiro atoms. The maximum atomic E-state index is 11.4. The number of nitrogens with one attached hydrogen (secondary N) is 1. The van der Waals surface area contributed by atoms with Crippen molar-refractivity contribution in [3.63, 3.8) is 0 Å². The third-order valence-electron chi connectivity index (χ3n) is 1.92. The SMILES string of the molecule is Cc1cc(C(=O)NCCCC(C)Cl)no1. The minimum absolute atomic E-state index is 0.149. The molecule has 84 valence electrons. The number of hydrogen-bond acceptors (Lipinski definition) is 3. The van der Waals surface area contributed by atoms with E-state index in [0.717, 1.165) is 12.8 Å². The van der Waals surface area contributed by atoms with Gasteiger partial charge < -0.3 is 9.84 Å². The van der Waals surface area contributed by atoms with E-state index in [1.807, 2.05) is 6.92 Å². The molecule has 1 unspecified atom stereocenters. The average Bonchev–Trinajstić information content (AvgIpc) is 2.59. The predicted molar refractivity (Wildman–Crippen MR) is 58.1 cm³/mol. The molecule has 1 rings (SSSR count). The van der Waals surface area contributed by atoms with Gasteiger partial charge in [-0.25, -0.2) is 0 Å². The van der Waals surface area contributed by atoms with Gasteiger partial charge in [0, 0.05) is 18.0 Å². The molecule has 1 heterocycles. The van der Waals surface area contributed by atoms with Gasteiger partial charge in [0.15, 0.2) is 5.69 Å². The Morgan fingerprint density at radius 1 is 1.73 bits per heavy atom. The zero-order valence-electron chi connectivity index (χ0n) is 8.92. The van der Waals surface area contributed by atoms with Crippen molar-refractivity contribution in [3.8, 4) is 0 Å². The summed E-state index contributed by atoms with van der Waals surface area (Å²) in [5, 5.41) is 6.51. The summed E-state index contributed by atoms with van der Waals surface area (Å²) in [5.41, 5.74) is 0.325. The van der Waals surface area contributed by atoms with E-state index in [9.17, 15) is 4.79 Å². The molecule has 1 aromatic heterocycles. The molecule has 0 saturated carbocycles. The number of rotatable bonds is 5. The first-order valence-corrected chi connectivity index (χ1v) is 5.39. The minimum atomic E-state index is -0.200. The van der Waals surface area contributed by atoms with Gasteiger partial charge in [-0.2, -0.15) is 0 Å². The molecule has 4 nitrogen and oxygen atoms in total. The molecule has 0 aliphatic carbocycles. The summed E-state index contributed by atoms with van der Waals surface area (Å²) in [4.78, 5) is 11.4. The highest BCUT2D eigenvalue weighted by molar-refractivity contribution is 6.20. The number of halogens is 1. The molecule has 0 aliphatic rings. The number of aryl methyl sites for hydroxylation is 1. The predicted octanol–water partition coefficient (Wildman–Crippen LogP) is 2.12. The largest absolute Gasteiger partial charge is 0.361 e. The summed E-state index contributed by atoms with van der Waals surface area (Å²) in [6.45, 7) is 4.30. The smallest absolute Gasteiger partial charge is 0.273 e. The summed E-state index contributed by atoms with van der Waals surface area (Å²) in [5.74, 6) is 0.434. The lowest BCUT2D eigenvalue weighted by atomic mass is 10.2. The van der Waals surface area contributed by atoms with Crippen molar-refractivity contribution in [1.29, 1.82) is 0 Å². The van der Waals surface area contributed by atoms with Gasteiger partial charge in [0.2, 0.25) is 0 Å². The molecule has 0 aromatic carbocycles. The van der Waals surface area contributed by atoms with E-state index in [2.05, 4.69) is 10.5 Å². The Balaban J connectivity index is 2.25. The fourth-order valence-electron chi connectivity index (χ4n) is 1.15. The molecule has 1 aromatic rings. The van der Waals surface area contributed by atoms with E-state index >= 15 is 0 Å². The molecule has 0 radical (unpaired) electrons. The summed E-state index contributed by atoms with van der Waals surface area (Å²) in [7, 11) is 0. The van der Waals surface area contributed by atoms with Gasteiger partial charge in [0.1, 0.15) is 5.76 Å². The van der Waals surface area contributed by atoms with Gasteiger partial charge in [-0.1, -0.05) is 5.16 Å². The van der Waals surface area contributed by atoms with Crippen LogP contribution in [0.2, 0.25) is 0 Å². The number of alkyl halides is 1. The number of carbonyl (C=O) groups excluding carboxylic acids is 1. The Morgan fingerprint density at radius 3 is 3.00 bits per heavy atom. The van der Waals surface area contributed by atoms with Gasteiger partial charge in [0.25, 0.3) is 5.91 Å². The topological polar surface area (TPSA) is 55.1 Å². The van der Waals surface area contributed by atoms with E-state index in [1.54, 1.807) is 13.0 Å². The summed E-state index contributed by atoms with van der Waals surface area (Å²) in [6, 6.07) is 1.61. The van der Waals surface area contributed by atoms with Crippen molar-refractivity contribution < 1.29 is 9.32 Å². The number of carbonyl (C=O) groups is 1. The van der Waals surface area contributed by atoms with Gasteiger partial charge in [-0.3, -0.25) is 4.79 Å². The Hall–Kier alpha value is -1.03. The first-order chi connectivity index (χ1) is 7.09. The van der Waals surface area contributed by atoms with Crippen LogP contribution in [0.25, 0.3) is 0 Å². The Bertz CT molecular complexity index is 323. The minimum Gasteiger partial charge on any atom is -0.361 e. The van der Waals surface area contributed by atoms with Gasteiger partial charge in [-0.15, -0.1) is 11.6 Å². The quantitative estimate of drug-likeness (QED) is 0.623. The van der Waals surface area contributed by atoms with E-state index in [1.165, 1.54) is 0 Å². The maximum absolute atomic E-state index is 11.4. The highest BCUT2D eigenvalue weighted by Crippen LogP contribution is 2.03. The number of amides is 1. The van der Waals surface area contributed by atoms with Crippen molar-refractivity contribution in [2.75, 3.05) is 6.54 Å². The molecule has 1 amide bonds.